The number of carbonyl (C=O) groups excluding carboxylic acids is 1. The lowest BCUT2D eigenvalue weighted by Gasteiger charge is -2.05. The number of anilines is 1. The van der Waals surface area contributed by atoms with E-state index < -0.39 is 0 Å². The molecule has 0 saturated carbocycles. The average molecular weight is 369 g/mol. The van der Waals surface area contributed by atoms with Crippen LogP contribution in [0.15, 0.2) is 41.8 Å². The quantitative estimate of drug-likeness (QED) is 0.569. The zero-order valence-corrected chi connectivity index (χ0v) is 16.5. The number of amides is 2. The lowest BCUT2D eigenvalue weighted by Crippen LogP contribution is -2.33. The summed E-state index contributed by atoms with van der Waals surface area (Å²) in [7, 11) is 4.75. The van der Waals surface area contributed by atoms with Crippen molar-refractivity contribution in [2.24, 2.45) is 12.2 Å². The molecule has 1 aromatic carbocycles. The summed E-state index contributed by atoms with van der Waals surface area (Å²) in [6.07, 6.45) is 5.96. The fraction of sp³-hybridized carbons (Fsp3) is 0.250. The van der Waals surface area contributed by atoms with Crippen molar-refractivity contribution in [3.8, 4) is 11.1 Å². The maximum Gasteiger partial charge on any atom is 0.318 e. The maximum atomic E-state index is 11.5. The molecule has 0 bridgehead atoms. The van der Waals surface area contributed by atoms with Crippen LogP contribution in [0.3, 0.4) is 0 Å². The molecule has 0 saturated heterocycles. The Morgan fingerprint density at radius 3 is 2.48 bits per heavy atom. The fourth-order valence-electron chi connectivity index (χ4n) is 2.79. The zero-order chi connectivity index (χ0) is 20.6. The number of rotatable bonds is 3. The van der Waals surface area contributed by atoms with Gasteiger partial charge in [-0.2, -0.15) is 4.91 Å². The molecule has 0 aliphatic heterocycles. The normalized spacial score (nSPS) is 11.4. The van der Waals surface area contributed by atoms with E-state index in [9.17, 15) is 4.79 Å². The predicted octanol–water partition coefficient (Wildman–Crippen LogP) is 1.99. The van der Waals surface area contributed by atoms with Crippen LogP contribution in [0.5, 0.6) is 0 Å². The lowest BCUT2D eigenvalue weighted by atomic mass is 10.0. The number of nitroso groups, excluding NO2 is 1. The van der Waals surface area contributed by atoms with Crippen molar-refractivity contribution >= 4 is 23.9 Å². The smallest absolute Gasteiger partial charge is 0.318 e. The van der Waals surface area contributed by atoms with Gasteiger partial charge in [0, 0.05) is 47.8 Å². The third-order valence-corrected chi connectivity index (χ3v) is 3.77. The molecule has 7 nitrogen and oxygen atoms in total. The van der Waals surface area contributed by atoms with Crippen molar-refractivity contribution in [1.29, 1.82) is 0 Å². The Hall–Kier alpha value is -3.35. The van der Waals surface area contributed by atoms with E-state index in [4.69, 9.17) is 10.6 Å². The van der Waals surface area contributed by atoms with Crippen LogP contribution in [0.4, 0.5) is 10.5 Å². The number of benzene rings is 1. The highest BCUT2D eigenvalue weighted by Gasteiger charge is 2.08. The minimum atomic E-state index is -0.296. The highest BCUT2D eigenvalue weighted by Crippen LogP contribution is 2.20. The number of nitrogens with one attached hydrogen (secondary N) is 2. The Bertz CT molecular complexity index is 937. The highest BCUT2D eigenvalue weighted by molar-refractivity contribution is 5.78. The lowest BCUT2D eigenvalue weighted by molar-refractivity contribution is 0.245. The van der Waals surface area contributed by atoms with Crippen LogP contribution in [0, 0.1) is 11.8 Å². The Morgan fingerprint density at radius 2 is 1.96 bits per heavy atom. The molecule has 2 rings (SSSR count). The molecular weight excluding hydrogens is 342 g/mol. The van der Waals surface area contributed by atoms with E-state index in [1.54, 1.807) is 7.05 Å². The second-order valence-electron chi connectivity index (χ2n) is 5.93. The van der Waals surface area contributed by atoms with Crippen molar-refractivity contribution < 1.29 is 4.79 Å². The molecule has 1 aromatic heterocycles. The van der Waals surface area contributed by atoms with E-state index in [-0.39, 0.29) is 6.03 Å². The van der Waals surface area contributed by atoms with Gasteiger partial charge in [0.15, 0.2) is 0 Å². The van der Waals surface area contributed by atoms with Gasteiger partial charge < -0.3 is 20.9 Å². The third kappa shape index (κ3) is 5.85. The first kappa shape index (κ1) is 21.7. The van der Waals surface area contributed by atoms with Crippen LogP contribution >= 0.6 is 0 Å². The maximum absolute atomic E-state index is 11.5. The topological polar surface area (TPSA) is 102 Å². The van der Waals surface area contributed by atoms with E-state index in [1.807, 2.05) is 49.7 Å². The summed E-state index contributed by atoms with van der Waals surface area (Å²) in [6, 6.07) is 5.69. The van der Waals surface area contributed by atoms with Gasteiger partial charge in [-0.3, -0.25) is 0 Å². The summed E-state index contributed by atoms with van der Waals surface area (Å²) in [6.45, 7) is 7.92. The van der Waals surface area contributed by atoms with Gasteiger partial charge in [0.1, 0.15) is 0 Å². The van der Waals surface area contributed by atoms with Crippen LogP contribution in [-0.2, 0) is 7.05 Å². The number of nitrogen functional groups attached to an aromatic ring is 1. The van der Waals surface area contributed by atoms with Crippen LogP contribution in [0.25, 0.3) is 23.3 Å². The Labute approximate surface area is 159 Å². The highest BCUT2D eigenvalue weighted by atomic mass is 16.2. The molecule has 0 radical (unpaired) electrons. The third-order valence-electron chi connectivity index (χ3n) is 3.77. The molecule has 0 aliphatic carbocycles. The van der Waals surface area contributed by atoms with E-state index in [0.717, 1.165) is 32.9 Å². The van der Waals surface area contributed by atoms with Crippen molar-refractivity contribution in [2.75, 3.05) is 19.8 Å². The molecule has 1 heterocycles. The molecule has 2 amide bonds. The SMILES string of the molecule is C=C(/C=c1/c(-c2cc(C)cc(N)c2)cn(C)/c1=C/C)NC(=O)NC.CN=O. The number of aromatic nitrogens is 1. The summed E-state index contributed by atoms with van der Waals surface area (Å²) >= 11 is 0. The number of urea groups is 1. The van der Waals surface area contributed by atoms with E-state index in [2.05, 4.69) is 34.7 Å². The Balaban J connectivity index is 0.00000114. The van der Waals surface area contributed by atoms with Gasteiger partial charge >= 0.3 is 6.03 Å². The van der Waals surface area contributed by atoms with Crippen molar-refractivity contribution in [3.63, 3.8) is 0 Å². The molecule has 7 heteroatoms. The van der Waals surface area contributed by atoms with Crippen molar-refractivity contribution in [2.45, 2.75) is 13.8 Å². The molecule has 4 N–H and O–H groups in total. The number of nitrogens with zero attached hydrogens (tertiary/aromatic N) is 2. The summed E-state index contributed by atoms with van der Waals surface area (Å²) < 4.78 is 2.05. The number of nitrogens with two attached hydrogens (primary N) is 1. The van der Waals surface area contributed by atoms with Gasteiger partial charge in [0.25, 0.3) is 0 Å². The van der Waals surface area contributed by atoms with Gasteiger partial charge in [-0.1, -0.05) is 23.9 Å². The summed E-state index contributed by atoms with van der Waals surface area (Å²) in [5, 5.41) is 9.50. The van der Waals surface area contributed by atoms with Gasteiger partial charge in [0.2, 0.25) is 0 Å². The number of aryl methyl sites for hydroxylation is 2. The summed E-state index contributed by atoms with van der Waals surface area (Å²) in [5.41, 5.74) is 10.4. The molecular formula is C20H27N5O2. The van der Waals surface area contributed by atoms with Gasteiger partial charge in [-0.25, -0.2) is 4.79 Å². The van der Waals surface area contributed by atoms with Crippen LogP contribution in [0.1, 0.15) is 12.5 Å². The minimum Gasteiger partial charge on any atom is -0.399 e. The standard InChI is InChI=1S/C19H24N4O.CH3NO/c1-6-18-16(9-13(3)22-19(24)21-4)17(11-23(18)5)14-7-12(2)8-15(20)10-14;1-2-3/h6-11H,3,20H2,1-2,4-5H3,(H2,21,22,24);1H3/b16-9-,18-6+;. The molecule has 0 atom stereocenters. The van der Waals surface area contributed by atoms with E-state index in [0.29, 0.717) is 5.70 Å². The van der Waals surface area contributed by atoms with E-state index >= 15 is 0 Å². The largest absolute Gasteiger partial charge is 0.399 e. The molecule has 0 spiro atoms. The number of carbonyl (C=O) groups is 1. The number of hydrogen-bond acceptors (Lipinski definition) is 4. The second-order valence-corrected chi connectivity index (χ2v) is 5.93. The monoisotopic (exact) mass is 369 g/mol. The van der Waals surface area contributed by atoms with Gasteiger partial charge in [-0.15, -0.1) is 0 Å². The molecule has 0 aliphatic rings. The van der Waals surface area contributed by atoms with Crippen LogP contribution in [-0.4, -0.2) is 24.7 Å². The molecule has 2 aromatic rings. The minimum absolute atomic E-state index is 0.296. The second kappa shape index (κ2) is 9.96. The molecule has 144 valence electrons. The van der Waals surface area contributed by atoms with Crippen LogP contribution < -0.4 is 26.9 Å². The predicted molar refractivity (Wildman–Crippen MR) is 112 cm³/mol. The van der Waals surface area contributed by atoms with Gasteiger partial charge in [-0.05, 0) is 43.2 Å². The number of allylic oxidation sites excluding steroid dienone is 1. The fourth-order valence-corrected chi connectivity index (χ4v) is 2.79. The average Bonchev–Trinajstić information content (AvgIpc) is 2.89. The first-order valence-electron chi connectivity index (χ1n) is 8.37. The zero-order valence-electron chi connectivity index (χ0n) is 16.5. The first-order valence-corrected chi connectivity index (χ1v) is 8.37. The Morgan fingerprint density at radius 1 is 1.33 bits per heavy atom. The van der Waals surface area contributed by atoms with Crippen molar-refractivity contribution in [3.05, 3.63) is 57.7 Å². The summed E-state index contributed by atoms with van der Waals surface area (Å²) in [4.78, 5) is 20.0. The van der Waals surface area contributed by atoms with Gasteiger partial charge in [0.05, 0.1) is 7.05 Å². The first-order chi connectivity index (χ1) is 12.8. The van der Waals surface area contributed by atoms with Crippen LogP contribution in [0.2, 0.25) is 0 Å². The molecule has 0 fully saturated rings. The van der Waals surface area contributed by atoms with E-state index in [1.165, 1.54) is 7.05 Å². The molecule has 27 heavy (non-hydrogen) atoms. The molecule has 0 unspecified atom stereocenters. The van der Waals surface area contributed by atoms with Crippen molar-refractivity contribution in [1.82, 2.24) is 15.2 Å². The summed E-state index contributed by atoms with van der Waals surface area (Å²) in [5.74, 6) is 0. The Kier molecular flexibility index (Phi) is 8.00. The number of hydrogen-bond donors (Lipinski definition) is 3.